The van der Waals surface area contributed by atoms with Crippen LogP contribution in [0.25, 0.3) is 0 Å². The van der Waals surface area contributed by atoms with Crippen LogP contribution >= 0.6 is 0 Å². The van der Waals surface area contributed by atoms with Crippen LogP contribution in [0.1, 0.15) is 6.42 Å². The van der Waals surface area contributed by atoms with Crippen LogP contribution < -0.4 is 10.6 Å². The lowest BCUT2D eigenvalue weighted by atomic mass is 10.3. The van der Waals surface area contributed by atoms with Crippen molar-refractivity contribution in [3.05, 3.63) is 6.20 Å². The maximum Gasteiger partial charge on any atom is 0.244 e. The summed E-state index contributed by atoms with van der Waals surface area (Å²) in [7, 11) is -1.29. The van der Waals surface area contributed by atoms with Gasteiger partial charge in [-0.05, 0) is 6.42 Å². The zero-order chi connectivity index (χ0) is 13.7. The predicted octanol–water partition coefficient (Wildman–Crippen LogP) is -0.471. The van der Waals surface area contributed by atoms with Gasteiger partial charge in [0.05, 0.1) is 24.3 Å². The topological polar surface area (TPSA) is 106 Å². The average molecular weight is 287 g/mol. The lowest BCUT2D eigenvalue weighted by Crippen LogP contribution is -2.22. The maximum atomic E-state index is 11.4. The number of hydrogen-bond acceptors (Lipinski definition) is 8. The SMILES string of the molecule is COCCNc1nncc(NC2CCS(=O)(=O)C2)n1. The Balaban J connectivity index is 1.92. The summed E-state index contributed by atoms with van der Waals surface area (Å²) in [5.74, 6) is 1.28. The third kappa shape index (κ3) is 4.28. The maximum absolute atomic E-state index is 11.4. The second-order valence-corrected chi connectivity index (χ2v) is 6.56. The van der Waals surface area contributed by atoms with E-state index in [4.69, 9.17) is 4.74 Å². The van der Waals surface area contributed by atoms with Crippen molar-refractivity contribution in [2.24, 2.45) is 0 Å². The largest absolute Gasteiger partial charge is 0.383 e. The predicted molar refractivity (Wildman–Crippen MR) is 70.9 cm³/mol. The fraction of sp³-hybridized carbons (Fsp3) is 0.700. The summed E-state index contributed by atoms with van der Waals surface area (Å²) in [4.78, 5) is 4.21. The second-order valence-electron chi connectivity index (χ2n) is 4.33. The summed E-state index contributed by atoms with van der Waals surface area (Å²) >= 11 is 0. The Bertz CT molecular complexity index is 522. The number of nitrogens with one attached hydrogen (secondary N) is 2. The van der Waals surface area contributed by atoms with Crippen LogP contribution in [0, 0.1) is 0 Å². The highest BCUT2D eigenvalue weighted by Crippen LogP contribution is 2.15. The lowest BCUT2D eigenvalue weighted by molar-refractivity contribution is 0.210. The monoisotopic (exact) mass is 287 g/mol. The molecule has 1 fully saturated rings. The van der Waals surface area contributed by atoms with Gasteiger partial charge in [0.15, 0.2) is 15.7 Å². The molecule has 1 unspecified atom stereocenters. The number of hydrogen-bond donors (Lipinski definition) is 2. The summed E-state index contributed by atoms with van der Waals surface area (Å²) in [6.45, 7) is 1.13. The number of sulfone groups is 1. The first kappa shape index (κ1) is 13.9. The molecule has 0 amide bonds. The number of anilines is 2. The quantitative estimate of drug-likeness (QED) is 0.676. The minimum atomic E-state index is -2.90. The molecule has 1 aliphatic rings. The third-order valence-corrected chi connectivity index (χ3v) is 4.50. The van der Waals surface area contributed by atoms with Crippen molar-refractivity contribution in [1.29, 1.82) is 0 Å². The summed E-state index contributed by atoms with van der Waals surface area (Å²) in [6, 6.07) is -0.103. The van der Waals surface area contributed by atoms with Crippen molar-refractivity contribution in [2.75, 3.05) is 42.4 Å². The van der Waals surface area contributed by atoms with E-state index in [1.54, 1.807) is 7.11 Å². The van der Waals surface area contributed by atoms with Gasteiger partial charge in [-0.25, -0.2) is 8.42 Å². The van der Waals surface area contributed by atoms with Gasteiger partial charge in [0.25, 0.3) is 0 Å². The Morgan fingerprint density at radius 1 is 1.53 bits per heavy atom. The highest BCUT2D eigenvalue weighted by Gasteiger charge is 2.27. The first-order chi connectivity index (χ1) is 9.09. The molecule has 0 aromatic carbocycles. The van der Waals surface area contributed by atoms with Crippen molar-refractivity contribution >= 4 is 21.6 Å². The molecule has 9 heteroatoms. The van der Waals surface area contributed by atoms with E-state index in [1.165, 1.54) is 6.20 Å². The van der Waals surface area contributed by atoms with Crippen LogP contribution in [-0.2, 0) is 14.6 Å². The van der Waals surface area contributed by atoms with Gasteiger partial charge < -0.3 is 15.4 Å². The van der Waals surface area contributed by atoms with Crippen molar-refractivity contribution in [3.63, 3.8) is 0 Å². The normalized spacial score (nSPS) is 21.2. The average Bonchev–Trinajstić information content (AvgIpc) is 2.69. The molecule has 2 N–H and O–H groups in total. The first-order valence-corrected chi connectivity index (χ1v) is 7.81. The van der Waals surface area contributed by atoms with E-state index in [0.717, 1.165) is 0 Å². The summed E-state index contributed by atoms with van der Waals surface area (Å²) in [5, 5.41) is 13.7. The molecule has 0 spiro atoms. The fourth-order valence-electron chi connectivity index (χ4n) is 1.83. The minimum Gasteiger partial charge on any atom is -0.383 e. The third-order valence-electron chi connectivity index (χ3n) is 2.73. The van der Waals surface area contributed by atoms with Gasteiger partial charge in [0, 0.05) is 19.7 Å². The molecule has 1 aliphatic heterocycles. The zero-order valence-corrected chi connectivity index (χ0v) is 11.5. The Labute approximate surface area is 111 Å². The highest BCUT2D eigenvalue weighted by molar-refractivity contribution is 7.91. The van der Waals surface area contributed by atoms with Crippen LogP contribution in [0.5, 0.6) is 0 Å². The van der Waals surface area contributed by atoms with E-state index in [0.29, 0.717) is 31.3 Å². The van der Waals surface area contributed by atoms with Crippen molar-refractivity contribution < 1.29 is 13.2 Å². The number of ether oxygens (including phenoxy) is 1. The van der Waals surface area contributed by atoms with Gasteiger partial charge in [-0.1, -0.05) is 0 Å². The van der Waals surface area contributed by atoms with Gasteiger partial charge in [-0.2, -0.15) is 10.1 Å². The fourth-order valence-corrected chi connectivity index (χ4v) is 3.50. The molecule has 8 nitrogen and oxygen atoms in total. The van der Waals surface area contributed by atoms with E-state index in [9.17, 15) is 8.42 Å². The molecule has 106 valence electrons. The molecule has 0 radical (unpaired) electrons. The van der Waals surface area contributed by atoms with Crippen molar-refractivity contribution in [2.45, 2.75) is 12.5 Å². The number of aromatic nitrogens is 3. The number of rotatable bonds is 6. The molecule has 0 bridgehead atoms. The first-order valence-electron chi connectivity index (χ1n) is 5.98. The molecule has 1 aromatic heterocycles. The van der Waals surface area contributed by atoms with Gasteiger partial charge >= 0.3 is 0 Å². The molecule has 1 atom stereocenters. The Morgan fingerprint density at radius 3 is 3.05 bits per heavy atom. The minimum absolute atomic E-state index is 0.103. The standard InChI is InChI=1S/C10H17N5O3S/c1-18-4-3-11-10-14-9(6-12-15-10)13-8-2-5-19(16,17)7-8/h6,8H,2-5,7H2,1H3,(H2,11,13,14,15). The number of methoxy groups -OCH3 is 1. The Hall–Kier alpha value is -1.48. The summed E-state index contributed by atoms with van der Waals surface area (Å²) in [5.41, 5.74) is 0. The molecule has 0 aliphatic carbocycles. The molecule has 2 rings (SSSR count). The van der Waals surface area contributed by atoms with Gasteiger partial charge in [0.1, 0.15) is 0 Å². The van der Waals surface area contributed by atoms with Crippen molar-refractivity contribution in [3.8, 4) is 0 Å². The van der Waals surface area contributed by atoms with Crippen LogP contribution in [0.3, 0.4) is 0 Å². The Kier molecular flexibility index (Phi) is 4.48. The van der Waals surface area contributed by atoms with E-state index < -0.39 is 9.84 Å². The lowest BCUT2D eigenvalue weighted by Gasteiger charge is -2.11. The van der Waals surface area contributed by atoms with Crippen LogP contribution in [-0.4, -0.2) is 61.4 Å². The summed E-state index contributed by atoms with van der Waals surface area (Å²) in [6.07, 6.45) is 2.07. The molecular weight excluding hydrogens is 270 g/mol. The van der Waals surface area contributed by atoms with Crippen LogP contribution in [0.15, 0.2) is 6.20 Å². The van der Waals surface area contributed by atoms with E-state index in [1.807, 2.05) is 0 Å². The van der Waals surface area contributed by atoms with Gasteiger partial charge in [-0.15, -0.1) is 5.10 Å². The Morgan fingerprint density at radius 2 is 2.37 bits per heavy atom. The van der Waals surface area contributed by atoms with E-state index in [2.05, 4.69) is 25.8 Å². The number of nitrogens with zero attached hydrogens (tertiary/aromatic N) is 3. The smallest absolute Gasteiger partial charge is 0.244 e. The molecule has 19 heavy (non-hydrogen) atoms. The van der Waals surface area contributed by atoms with Crippen LogP contribution in [0.2, 0.25) is 0 Å². The molecule has 1 saturated heterocycles. The summed E-state index contributed by atoms with van der Waals surface area (Å²) < 4.78 is 27.6. The van der Waals surface area contributed by atoms with E-state index >= 15 is 0 Å². The highest BCUT2D eigenvalue weighted by atomic mass is 32.2. The van der Waals surface area contributed by atoms with Gasteiger partial charge in [0.2, 0.25) is 5.95 Å². The zero-order valence-electron chi connectivity index (χ0n) is 10.7. The van der Waals surface area contributed by atoms with Gasteiger partial charge in [-0.3, -0.25) is 0 Å². The molecule has 1 aromatic rings. The molecular formula is C10H17N5O3S. The van der Waals surface area contributed by atoms with Crippen molar-refractivity contribution in [1.82, 2.24) is 15.2 Å². The second kappa shape index (κ2) is 6.11. The molecule has 2 heterocycles. The van der Waals surface area contributed by atoms with Crippen LogP contribution in [0.4, 0.5) is 11.8 Å². The molecule has 0 saturated carbocycles. The van der Waals surface area contributed by atoms with E-state index in [-0.39, 0.29) is 17.5 Å².